The van der Waals surface area contributed by atoms with Gasteiger partial charge in [0, 0.05) is 15.6 Å². The lowest BCUT2D eigenvalue weighted by Gasteiger charge is -2.21. The molecule has 160 valence electrons. The molecule has 6 nitrogen and oxygen atoms in total. The van der Waals surface area contributed by atoms with E-state index in [0.717, 1.165) is 15.9 Å². The molecule has 3 aromatic rings. The summed E-state index contributed by atoms with van der Waals surface area (Å²) in [7, 11) is 0. The number of benzene rings is 2. The van der Waals surface area contributed by atoms with Crippen LogP contribution in [0.4, 0.5) is 5.82 Å². The van der Waals surface area contributed by atoms with Crippen molar-refractivity contribution >= 4 is 60.7 Å². The number of rotatable bonds is 2. The Morgan fingerprint density at radius 1 is 0.969 bits per heavy atom. The Bertz CT molecular complexity index is 1380. The number of aliphatic imine (C=N–C) groups is 1. The number of fused-ring (bicyclic) bond motifs is 2. The predicted molar refractivity (Wildman–Crippen MR) is 129 cm³/mol. The van der Waals surface area contributed by atoms with Gasteiger partial charge in [0.15, 0.2) is 5.82 Å². The van der Waals surface area contributed by atoms with Gasteiger partial charge in [0.1, 0.15) is 17.1 Å². The Balaban J connectivity index is 1.75. The van der Waals surface area contributed by atoms with Crippen molar-refractivity contribution in [1.29, 1.82) is 0 Å². The van der Waals surface area contributed by atoms with Crippen molar-refractivity contribution in [3.8, 4) is 5.69 Å². The van der Waals surface area contributed by atoms with E-state index in [1.807, 2.05) is 51.1 Å². The Kier molecular flexibility index (Phi) is 4.83. The van der Waals surface area contributed by atoms with E-state index in [0.29, 0.717) is 32.9 Å². The summed E-state index contributed by atoms with van der Waals surface area (Å²) in [4.78, 5) is 30.8. The second-order valence-electron chi connectivity index (χ2n) is 8.09. The average Bonchev–Trinajstić information content (AvgIpc) is 3.20. The van der Waals surface area contributed by atoms with Gasteiger partial charge in [0.25, 0.3) is 0 Å². The number of aryl methyl sites for hydroxylation is 1. The van der Waals surface area contributed by atoms with Crippen LogP contribution in [0.1, 0.15) is 35.5 Å². The van der Waals surface area contributed by atoms with Gasteiger partial charge in [0.05, 0.1) is 21.4 Å². The quantitative estimate of drug-likeness (QED) is 0.377. The molecule has 1 aliphatic carbocycles. The van der Waals surface area contributed by atoms with Gasteiger partial charge < -0.3 is 4.74 Å². The fourth-order valence-electron chi connectivity index (χ4n) is 3.93. The first kappa shape index (κ1) is 21.0. The Labute approximate surface area is 201 Å². The highest BCUT2D eigenvalue weighted by Crippen LogP contribution is 2.44. The number of carbonyl (C=O) groups excluding carboxylic acids is 2. The van der Waals surface area contributed by atoms with Gasteiger partial charge in [-0.15, -0.1) is 0 Å². The highest BCUT2D eigenvalue weighted by Gasteiger charge is 2.48. The second-order valence-corrected chi connectivity index (χ2v) is 9.80. The van der Waals surface area contributed by atoms with Crippen molar-refractivity contribution in [2.24, 2.45) is 4.99 Å². The zero-order valence-corrected chi connectivity index (χ0v) is 20.6. The molecule has 0 radical (unpaired) electrons. The first-order chi connectivity index (χ1) is 15.2. The van der Waals surface area contributed by atoms with Gasteiger partial charge in [-0.25, -0.2) is 9.67 Å². The number of aromatic nitrogens is 2. The Morgan fingerprint density at radius 2 is 1.62 bits per heavy atom. The van der Waals surface area contributed by atoms with Gasteiger partial charge in [-0.1, -0.05) is 40.2 Å². The molecule has 0 spiro atoms. The smallest absolute Gasteiger partial charge is 0.239 e. The Morgan fingerprint density at radius 3 is 2.31 bits per heavy atom. The summed E-state index contributed by atoms with van der Waals surface area (Å²) in [5.41, 5.74) is 2.22. The van der Waals surface area contributed by atoms with E-state index in [-0.39, 0.29) is 5.57 Å². The van der Waals surface area contributed by atoms with Crippen molar-refractivity contribution in [2.75, 3.05) is 0 Å². The topological polar surface area (TPSA) is 73.5 Å². The van der Waals surface area contributed by atoms with Crippen molar-refractivity contribution in [3.63, 3.8) is 0 Å². The largest absolute Gasteiger partial charge is 0.480 e. The van der Waals surface area contributed by atoms with Crippen LogP contribution in [0.5, 0.6) is 0 Å². The first-order valence-corrected chi connectivity index (χ1v) is 11.5. The molecule has 0 unspecified atom stereocenters. The average molecular weight is 555 g/mol. The lowest BCUT2D eigenvalue weighted by molar-refractivity contribution is -0.111. The van der Waals surface area contributed by atoms with E-state index in [4.69, 9.17) is 9.73 Å². The van der Waals surface area contributed by atoms with Gasteiger partial charge in [-0.3, -0.25) is 9.59 Å². The molecule has 0 saturated carbocycles. The zero-order valence-electron chi connectivity index (χ0n) is 17.4. The molecule has 32 heavy (non-hydrogen) atoms. The molecule has 0 saturated heterocycles. The molecule has 8 heteroatoms. The molecular weight excluding hydrogens is 538 g/mol. The third kappa shape index (κ3) is 3.12. The third-order valence-corrected chi connectivity index (χ3v) is 6.95. The zero-order chi connectivity index (χ0) is 22.8. The summed E-state index contributed by atoms with van der Waals surface area (Å²) >= 11 is 7.04. The Hall–Kier alpha value is -2.84. The molecule has 1 aromatic heterocycles. The molecular formula is C24H17Br2N3O3. The van der Waals surface area contributed by atoms with E-state index < -0.39 is 17.2 Å². The molecule has 2 aromatic carbocycles. The summed E-state index contributed by atoms with van der Waals surface area (Å²) in [6.07, 6.45) is 0. The number of carbonyl (C=O) groups is 2. The van der Waals surface area contributed by atoms with Crippen LogP contribution in [-0.4, -0.2) is 32.7 Å². The first-order valence-electron chi connectivity index (χ1n) is 9.91. The summed E-state index contributed by atoms with van der Waals surface area (Å²) in [5.74, 6) is -0.239. The SMILES string of the molecule is Cc1nn(-c2ccc(Br)cc2)c(/N=C2/C3=C(OC2(C)C)c2ccccc2C(=O)C3=O)c1Br. The lowest BCUT2D eigenvalue weighted by Crippen LogP contribution is -2.33. The lowest BCUT2D eigenvalue weighted by atomic mass is 9.85. The van der Waals surface area contributed by atoms with Crippen molar-refractivity contribution in [2.45, 2.75) is 26.4 Å². The monoisotopic (exact) mass is 553 g/mol. The number of Topliss-reactive ketones (excluding diaryl/α,β-unsaturated/α-hetero) is 2. The van der Waals surface area contributed by atoms with Crippen LogP contribution in [0.25, 0.3) is 11.4 Å². The van der Waals surface area contributed by atoms with E-state index in [2.05, 4.69) is 37.0 Å². The molecule has 0 N–H and O–H groups in total. The molecule has 0 amide bonds. The van der Waals surface area contributed by atoms with Crippen molar-refractivity contribution < 1.29 is 14.3 Å². The minimum Gasteiger partial charge on any atom is -0.480 e. The van der Waals surface area contributed by atoms with Crippen LogP contribution in [0, 0.1) is 6.92 Å². The minimum atomic E-state index is -0.916. The standard InChI is InChI=1S/C24H17Br2N3O3/c1-12-18(26)23(29(28-12)14-10-8-13(25)9-11-14)27-22-17-20(31)19(30)15-6-4-5-7-16(15)21(17)32-24(22,2)3/h4-11H,1-3H3/b27-22-. The minimum absolute atomic E-state index is 0.215. The van der Waals surface area contributed by atoms with Crippen LogP contribution in [-0.2, 0) is 9.53 Å². The van der Waals surface area contributed by atoms with E-state index in [1.54, 1.807) is 22.9 Å². The van der Waals surface area contributed by atoms with Gasteiger partial charge in [-0.05, 0) is 61.0 Å². The normalized spacial score (nSPS) is 18.1. The summed E-state index contributed by atoms with van der Waals surface area (Å²) < 4.78 is 9.57. The maximum absolute atomic E-state index is 13.1. The van der Waals surface area contributed by atoms with E-state index in [9.17, 15) is 9.59 Å². The summed E-state index contributed by atoms with van der Waals surface area (Å²) in [6.45, 7) is 5.55. The molecule has 0 atom stereocenters. The highest BCUT2D eigenvalue weighted by molar-refractivity contribution is 9.11. The highest BCUT2D eigenvalue weighted by atomic mass is 79.9. The maximum atomic E-state index is 13.1. The second kappa shape index (κ2) is 7.35. The van der Waals surface area contributed by atoms with E-state index in [1.165, 1.54) is 0 Å². The fourth-order valence-corrected chi connectivity index (χ4v) is 4.53. The molecule has 0 fully saturated rings. The summed E-state index contributed by atoms with van der Waals surface area (Å²) in [6, 6.07) is 14.7. The third-order valence-electron chi connectivity index (χ3n) is 5.49. The maximum Gasteiger partial charge on any atom is 0.239 e. The predicted octanol–water partition coefficient (Wildman–Crippen LogP) is 5.76. The number of halogens is 2. The number of nitrogens with zero attached hydrogens (tertiary/aromatic N) is 3. The molecule has 2 heterocycles. The van der Waals surface area contributed by atoms with Crippen LogP contribution in [0.3, 0.4) is 0 Å². The molecule has 2 aliphatic rings. The summed E-state index contributed by atoms with van der Waals surface area (Å²) in [5, 5.41) is 4.61. The van der Waals surface area contributed by atoms with Gasteiger partial charge in [0.2, 0.25) is 11.6 Å². The number of hydrogen-bond acceptors (Lipinski definition) is 5. The molecule has 1 aliphatic heterocycles. The molecule has 0 bridgehead atoms. The van der Waals surface area contributed by atoms with Crippen LogP contribution < -0.4 is 0 Å². The van der Waals surface area contributed by atoms with Crippen molar-refractivity contribution in [3.05, 3.63) is 79.9 Å². The van der Waals surface area contributed by atoms with Crippen molar-refractivity contribution in [1.82, 2.24) is 9.78 Å². The van der Waals surface area contributed by atoms with Crippen LogP contribution in [0.2, 0.25) is 0 Å². The number of ketones is 2. The van der Waals surface area contributed by atoms with Gasteiger partial charge >= 0.3 is 0 Å². The van der Waals surface area contributed by atoms with E-state index >= 15 is 0 Å². The molecule has 5 rings (SSSR count). The fraction of sp³-hybridized carbons (Fsp3) is 0.167. The van der Waals surface area contributed by atoms with Crippen LogP contribution >= 0.6 is 31.9 Å². The van der Waals surface area contributed by atoms with Crippen LogP contribution in [0.15, 0.2) is 68.0 Å². The van der Waals surface area contributed by atoms with Gasteiger partial charge in [-0.2, -0.15) is 5.10 Å². The number of ether oxygens (including phenoxy) is 1. The number of hydrogen-bond donors (Lipinski definition) is 0.